The van der Waals surface area contributed by atoms with E-state index in [2.05, 4.69) is 296 Å². The molecule has 0 spiro atoms. The molecule has 1 aliphatic rings. The monoisotopic (exact) mass is 921 g/mol. The quantitative estimate of drug-likeness (QED) is 0.136. The van der Waals surface area contributed by atoms with E-state index in [4.69, 9.17) is 4.98 Å². The van der Waals surface area contributed by atoms with Crippen LogP contribution in [0.5, 0.6) is 0 Å². The molecule has 0 fully saturated rings. The Balaban J connectivity index is 1.01. The first-order valence-electron chi connectivity index (χ1n) is 24.8. The van der Waals surface area contributed by atoms with E-state index in [1.165, 1.54) is 33.4 Å². The lowest BCUT2D eigenvalue weighted by Gasteiger charge is -2.33. The molecule has 2 unspecified atom stereocenters. The molecule has 3 heteroatoms. The summed E-state index contributed by atoms with van der Waals surface area (Å²) >= 11 is 0. The number of hydrogen-bond acceptors (Lipinski definition) is 3. The van der Waals surface area contributed by atoms with Crippen molar-refractivity contribution in [1.29, 1.82) is 0 Å². The first kappa shape index (κ1) is 44.1. The van der Waals surface area contributed by atoms with Crippen LogP contribution < -0.4 is 10.6 Å². The molecule has 72 heavy (non-hydrogen) atoms. The van der Waals surface area contributed by atoms with E-state index in [1.807, 2.05) is 0 Å². The lowest BCUT2D eigenvalue weighted by molar-refractivity contribution is 0.443. The zero-order valence-corrected chi connectivity index (χ0v) is 39.7. The second kappa shape index (κ2) is 20.1. The summed E-state index contributed by atoms with van der Waals surface area (Å²) in [6.07, 6.45) is 2.19. The van der Waals surface area contributed by atoms with E-state index in [0.29, 0.717) is 0 Å². The van der Waals surface area contributed by atoms with Crippen LogP contribution >= 0.6 is 0 Å². The molecular weight excluding hydrogens is 871 g/mol. The average molecular weight is 922 g/mol. The molecule has 12 rings (SSSR count). The number of hydrogen-bond donors (Lipinski definition) is 2. The van der Waals surface area contributed by atoms with Crippen molar-refractivity contribution in [2.45, 2.75) is 12.2 Å². The van der Waals surface area contributed by atoms with Gasteiger partial charge in [0.1, 0.15) is 6.17 Å². The van der Waals surface area contributed by atoms with Gasteiger partial charge in [-0.3, -0.25) is 5.32 Å². The van der Waals surface area contributed by atoms with E-state index in [1.54, 1.807) is 0 Å². The minimum atomic E-state index is -0.164. The maximum atomic E-state index is 5.67. The molecule has 0 saturated heterocycles. The van der Waals surface area contributed by atoms with Crippen LogP contribution in [0.1, 0.15) is 28.9 Å². The Morgan fingerprint density at radius 3 is 1.12 bits per heavy atom. The van der Waals surface area contributed by atoms with Gasteiger partial charge in [-0.05, 0) is 97.1 Å². The minimum Gasteiger partial charge on any atom is -0.366 e. The van der Waals surface area contributed by atoms with Gasteiger partial charge in [0.15, 0.2) is 0 Å². The van der Waals surface area contributed by atoms with Crippen LogP contribution in [0, 0.1) is 0 Å². The molecule has 2 atom stereocenters. The number of aromatic nitrogens is 1. The third-order valence-corrected chi connectivity index (χ3v) is 13.7. The molecule has 11 aromatic rings. The Morgan fingerprint density at radius 1 is 0.264 bits per heavy atom. The van der Waals surface area contributed by atoms with Crippen LogP contribution in [0.15, 0.2) is 285 Å². The van der Waals surface area contributed by atoms with E-state index >= 15 is 0 Å². The normalized spacial score (nSPS) is 14.2. The van der Waals surface area contributed by atoms with Crippen molar-refractivity contribution < 1.29 is 0 Å². The molecule has 1 aliphatic heterocycles. The molecule has 0 amide bonds. The van der Waals surface area contributed by atoms with E-state index in [0.717, 1.165) is 78.3 Å². The van der Waals surface area contributed by atoms with Crippen molar-refractivity contribution in [2.24, 2.45) is 0 Å². The fourth-order valence-electron chi connectivity index (χ4n) is 10.2. The standard InChI is InChI=1S/C69H51N3/c1-7-23-48(24-8-1)54-35-19-39-58(43-54)62-47-63(71-69(70-62)61-42-22-36-55(46-61)49-25-9-2-10-26-49)59-40-20-37-56(44-59)57-38-21-41-60(45-57)64-65(50-27-11-3-12-28-50)67(52-31-15-5-16-32-52)72-68(53-33-17-6-18-34-53)66(64)51-29-13-4-14-30-51/h1-47,63,69-71H. The van der Waals surface area contributed by atoms with Crippen LogP contribution in [-0.4, -0.2) is 4.98 Å². The van der Waals surface area contributed by atoms with Crippen LogP contribution in [0.25, 0.3) is 95.0 Å². The third-order valence-electron chi connectivity index (χ3n) is 13.7. The first-order chi connectivity index (χ1) is 35.7. The van der Waals surface area contributed by atoms with Crippen molar-refractivity contribution in [3.8, 4) is 89.3 Å². The van der Waals surface area contributed by atoms with E-state index in [9.17, 15) is 0 Å². The second-order valence-electron chi connectivity index (χ2n) is 18.3. The van der Waals surface area contributed by atoms with Crippen molar-refractivity contribution in [3.63, 3.8) is 0 Å². The number of benzene rings is 10. The molecule has 2 heterocycles. The highest BCUT2D eigenvalue weighted by atomic mass is 15.2. The van der Waals surface area contributed by atoms with Crippen molar-refractivity contribution >= 4 is 5.70 Å². The van der Waals surface area contributed by atoms with Crippen LogP contribution in [0.4, 0.5) is 0 Å². The number of rotatable bonds is 11. The zero-order chi connectivity index (χ0) is 48.1. The molecule has 10 aromatic carbocycles. The molecular formula is C69H51N3. The van der Waals surface area contributed by atoms with Gasteiger partial charge in [0.25, 0.3) is 0 Å². The minimum absolute atomic E-state index is 0.105. The molecule has 1 aromatic heterocycles. The van der Waals surface area contributed by atoms with Crippen LogP contribution in [0.3, 0.4) is 0 Å². The zero-order valence-electron chi connectivity index (χ0n) is 39.7. The largest absolute Gasteiger partial charge is 0.366 e. The summed E-state index contributed by atoms with van der Waals surface area (Å²) in [6, 6.07) is 99.9. The van der Waals surface area contributed by atoms with Gasteiger partial charge in [-0.2, -0.15) is 0 Å². The first-order valence-corrected chi connectivity index (χ1v) is 24.8. The molecule has 2 N–H and O–H groups in total. The summed E-state index contributed by atoms with van der Waals surface area (Å²) in [5, 5.41) is 7.96. The number of nitrogens with one attached hydrogen (secondary N) is 2. The van der Waals surface area contributed by atoms with Gasteiger partial charge >= 0.3 is 0 Å². The Bertz CT molecular complexity index is 3570. The predicted octanol–water partition coefficient (Wildman–Crippen LogP) is 17.4. The lowest BCUT2D eigenvalue weighted by atomic mass is 9.82. The molecule has 0 bridgehead atoms. The van der Waals surface area contributed by atoms with Gasteiger partial charge in [-0.15, -0.1) is 0 Å². The summed E-state index contributed by atoms with van der Waals surface area (Å²) in [4.78, 5) is 5.67. The van der Waals surface area contributed by atoms with Crippen LogP contribution in [0.2, 0.25) is 0 Å². The highest BCUT2D eigenvalue weighted by Crippen LogP contribution is 2.49. The van der Waals surface area contributed by atoms with E-state index < -0.39 is 0 Å². The SMILES string of the molecule is C1=C(c2cccc(-c3ccccc3)c2)NC(c2cccc(-c3ccccc3)c2)NC1c1cccc(-c2cccc(-c3c(-c4ccccc4)c(-c4ccccc4)nc(-c4ccccc4)c3-c3ccccc3)c2)c1. The Kier molecular flexibility index (Phi) is 12.3. The van der Waals surface area contributed by atoms with E-state index in [-0.39, 0.29) is 12.2 Å². The van der Waals surface area contributed by atoms with Crippen molar-refractivity contribution in [2.75, 3.05) is 0 Å². The topological polar surface area (TPSA) is 37.0 Å². The fourth-order valence-corrected chi connectivity index (χ4v) is 10.2. The maximum Gasteiger partial charge on any atom is 0.104 e. The summed E-state index contributed by atoms with van der Waals surface area (Å²) < 4.78 is 0. The van der Waals surface area contributed by atoms with Crippen LogP contribution in [-0.2, 0) is 0 Å². The van der Waals surface area contributed by atoms with Gasteiger partial charge in [0.05, 0.1) is 17.4 Å². The van der Waals surface area contributed by atoms with Crippen molar-refractivity contribution in [3.05, 3.63) is 302 Å². The summed E-state index contributed by atoms with van der Waals surface area (Å²) in [5.41, 5.74) is 22.3. The molecule has 0 aliphatic carbocycles. The van der Waals surface area contributed by atoms with Gasteiger partial charge < -0.3 is 5.32 Å². The number of pyridine rings is 1. The molecule has 0 radical (unpaired) electrons. The molecule has 342 valence electrons. The maximum absolute atomic E-state index is 5.67. The molecule has 0 saturated carbocycles. The highest BCUT2D eigenvalue weighted by Gasteiger charge is 2.27. The van der Waals surface area contributed by atoms with Gasteiger partial charge in [-0.1, -0.05) is 255 Å². The summed E-state index contributed by atoms with van der Waals surface area (Å²) in [5.74, 6) is 0. The highest BCUT2D eigenvalue weighted by molar-refractivity contribution is 6.05. The Morgan fingerprint density at radius 2 is 0.611 bits per heavy atom. The summed E-state index contributed by atoms with van der Waals surface area (Å²) in [6.45, 7) is 0. The third kappa shape index (κ3) is 9.09. The smallest absolute Gasteiger partial charge is 0.104 e. The Hall–Kier alpha value is -9.15. The van der Waals surface area contributed by atoms with Gasteiger partial charge in [0.2, 0.25) is 0 Å². The fraction of sp³-hybridized carbons (Fsp3) is 0.0290. The average Bonchev–Trinajstić information content (AvgIpc) is 3.48. The predicted molar refractivity (Wildman–Crippen MR) is 300 cm³/mol. The number of nitrogens with zero attached hydrogens (tertiary/aromatic N) is 1. The van der Waals surface area contributed by atoms with Gasteiger partial charge in [-0.25, -0.2) is 4.98 Å². The lowest BCUT2D eigenvalue weighted by Crippen LogP contribution is -2.39. The Labute approximate surface area is 422 Å². The summed E-state index contributed by atoms with van der Waals surface area (Å²) in [7, 11) is 0. The second-order valence-corrected chi connectivity index (χ2v) is 18.3. The molecule has 3 nitrogen and oxygen atoms in total. The van der Waals surface area contributed by atoms with Gasteiger partial charge in [0, 0.05) is 33.5 Å². The van der Waals surface area contributed by atoms with Crippen molar-refractivity contribution in [1.82, 2.24) is 15.6 Å².